The van der Waals surface area contributed by atoms with Crippen LogP contribution in [0.3, 0.4) is 0 Å². The monoisotopic (exact) mass is 283 g/mol. The van der Waals surface area contributed by atoms with Crippen molar-refractivity contribution in [1.82, 2.24) is 4.90 Å². The Morgan fingerprint density at radius 1 is 0.810 bits per heavy atom. The highest BCUT2D eigenvalue weighted by Gasteiger charge is 2.04. The molecule has 0 unspecified atom stereocenters. The van der Waals surface area contributed by atoms with Crippen LogP contribution >= 0.6 is 0 Å². The van der Waals surface area contributed by atoms with Crippen molar-refractivity contribution in [2.45, 2.75) is 6.92 Å². The van der Waals surface area contributed by atoms with Crippen LogP contribution in [-0.4, -0.2) is 37.1 Å². The Morgan fingerprint density at radius 2 is 1.24 bits per heavy atom. The van der Waals surface area contributed by atoms with E-state index in [1.165, 1.54) is 0 Å². The Balaban J connectivity index is 0.000000219. The zero-order valence-corrected chi connectivity index (χ0v) is 12.7. The number of hydrogen-bond donors (Lipinski definition) is 0. The normalized spacial score (nSPS) is 9.71. The molecule has 0 spiro atoms. The largest absolute Gasteiger partial charge is 0.302 e. The summed E-state index contributed by atoms with van der Waals surface area (Å²) in [4.78, 5) is 23.9. The molecule has 2 aromatic rings. The number of hydrogen-bond acceptors (Lipinski definition) is 3. The van der Waals surface area contributed by atoms with Crippen molar-refractivity contribution in [2.75, 3.05) is 20.6 Å². The molecule has 0 saturated heterocycles. The summed E-state index contributed by atoms with van der Waals surface area (Å²) in [6.07, 6.45) is 0. The van der Waals surface area contributed by atoms with Crippen LogP contribution in [0.25, 0.3) is 0 Å². The lowest BCUT2D eigenvalue weighted by atomic mass is 10.1. The lowest BCUT2D eigenvalue weighted by molar-refractivity contribution is 0.0956. The minimum atomic E-state index is 0.121. The molecule has 0 N–H and O–H groups in total. The zero-order chi connectivity index (χ0) is 15.7. The average molecular weight is 283 g/mol. The highest BCUT2D eigenvalue weighted by molar-refractivity contribution is 5.97. The third-order valence-electron chi connectivity index (χ3n) is 2.74. The van der Waals surface area contributed by atoms with Gasteiger partial charge in [0, 0.05) is 11.1 Å². The quantitative estimate of drug-likeness (QED) is 0.808. The number of ketones is 2. The van der Waals surface area contributed by atoms with Crippen molar-refractivity contribution in [1.29, 1.82) is 0 Å². The van der Waals surface area contributed by atoms with Gasteiger partial charge in [0.25, 0.3) is 0 Å². The van der Waals surface area contributed by atoms with Crippen LogP contribution in [-0.2, 0) is 0 Å². The van der Waals surface area contributed by atoms with Crippen LogP contribution in [0.15, 0.2) is 60.7 Å². The molecule has 0 heterocycles. The fourth-order valence-electron chi connectivity index (χ4n) is 1.68. The van der Waals surface area contributed by atoms with Gasteiger partial charge in [0.1, 0.15) is 0 Å². The van der Waals surface area contributed by atoms with E-state index in [-0.39, 0.29) is 11.6 Å². The summed E-state index contributed by atoms with van der Waals surface area (Å²) in [5.41, 5.74) is 1.56. The lowest BCUT2D eigenvalue weighted by Crippen LogP contribution is -2.21. The minimum Gasteiger partial charge on any atom is -0.302 e. The summed E-state index contributed by atoms with van der Waals surface area (Å²) in [7, 11) is 3.78. The second-order valence-corrected chi connectivity index (χ2v) is 4.95. The fourth-order valence-corrected chi connectivity index (χ4v) is 1.68. The molecule has 21 heavy (non-hydrogen) atoms. The number of rotatable bonds is 4. The van der Waals surface area contributed by atoms with Gasteiger partial charge < -0.3 is 4.90 Å². The van der Waals surface area contributed by atoms with Crippen LogP contribution in [0, 0.1) is 0 Å². The van der Waals surface area contributed by atoms with Crippen LogP contribution in [0.5, 0.6) is 0 Å². The molecule has 0 bridgehead atoms. The van der Waals surface area contributed by atoms with Gasteiger partial charge >= 0.3 is 0 Å². The number of likely N-dealkylation sites (N-methyl/N-ethyl adjacent to an activating group) is 1. The molecule has 0 aliphatic rings. The Bertz CT molecular complexity index is 562. The highest BCUT2D eigenvalue weighted by atomic mass is 16.1. The summed E-state index contributed by atoms with van der Waals surface area (Å²) in [5.74, 6) is 0.288. The predicted molar refractivity (Wildman–Crippen MR) is 85.8 cm³/mol. The van der Waals surface area contributed by atoms with Gasteiger partial charge in [-0.15, -0.1) is 0 Å². The van der Waals surface area contributed by atoms with Crippen LogP contribution in [0.4, 0.5) is 0 Å². The SMILES string of the molecule is CC(=O)c1ccccc1.CN(C)CC(=O)c1ccccc1. The zero-order valence-electron chi connectivity index (χ0n) is 12.7. The molecule has 0 fully saturated rings. The van der Waals surface area contributed by atoms with Crippen LogP contribution in [0.1, 0.15) is 27.6 Å². The van der Waals surface area contributed by atoms with Crippen molar-refractivity contribution < 1.29 is 9.59 Å². The molecular formula is C18H21NO2. The van der Waals surface area contributed by atoms with Gasteiger partial charge in [-0.1, -0.05) is 60.7 Å². The second kappa shape index (κ2) is 8.82. The van der Waals surface area contributed by atoms with E-state index in [0.717, 1.165) is 11.1 Å². The molecule has 110 valence electrons. The molecule has 3 nitrogen and oxygen atoms in total. The van der Waals surface area contributed by atoms with Crippen molar-refractivity contribution in [3.8, 4) is 0 Å². The average Bonchev–Trinajstić information content (AvgIpc) is 2.49. The first-order chi connectivity index (χ1) is 10.0. The van der Waals surface area contributed by atoms with Gasteiger partial charge in [0.15, 0.2) is 11.6 Å². The van der Waals surface area contributed by atoms with Gasteiger partial charge in [-0.3, -0.25) is 9.59 Å². The topological polar surface area (TPSA) is 37.4 Å². The van der Waals surface area contributed by atoms with Crippen molar-refractivity contribution in [2.24, 2.45) is 0 Å². The Morgan fingerprint density at radius 3 is 1.57 bits per heavy atom. The molecule has 0 saturated carbocycles. The summed E-state index contributed by atoms with van der Waals surface area (Å²) in [6.45, 7) is 2.04. The molecule has 0 atom stereocenters. The minimum absolute atomic E-state index is 0.121. The third kappa shape index (κ3) is 6.63. The molecule has 0 aliphatic heterocycles. The maximum atomic E-state index is 11.4. The Kier molecular flexibility index (Phi) is 7.05. The molecule has 0 aliphatic carbocycles. The Labute approximate surface area is 126 Å². The van der Waals surface area contributed by atoms with Gasteiger partial charge in [0.05, 0.1) is 6.54 Å². The third-order valence-corrected chi connectivity index (χ3v) is 2.74. The van der Waals surface area contributed by atoms with E-state index in [2.05, 4.69) is 0 Å². The smallest absolute Gasteiger partial charge is 0.176 e. The first-order valence-corrected chi connectivity index (χ1v) is 6.79. The van der Waals surface area contributed by atoms with E-state index in [9.17, 15) is 9.59 Å². The van der Waals surface area contributed by atoms with Gasteiger partial charge in [-0.2, -0.15) is 0 Å². The number of carbonyl (C=O) groups is 2. The molecule has 0 radical (unpaired) electrons. The Hall–Kier alpha value is -2.26. The van der Waals surface area contributed by atoms with Crippen molar-refractivity contribution in [3.05, 3.63) is 71.8 Å². The van der Waals surface area contributed by atoms with Crippen molar-refractivity contribution >= 4 is 11.6 Å². The van der Waals surface area contributed by atoms with Crippen molar-refractivity contribution in [3.63, 3.8) is 0 Å². The molecule has 0 amide bonds. The van der Waals surface area contributed by atoms with Gasteiger partial charge in [-0.05, 0) is 21.0 Å². The van der Waals surface area contributed by atoms with E-state index in [0.29, 0.717) is 6.54 Å². The lowest BCUT2D eigenvalue weighted by Gasteiger charge is -2.07. The van der Waals surface area contributed by atoms with Crippen LogP contribution < -0.4 is 0 Å². The second-order valence-electron chi connectivity index (χ2n) is 4.95. The first kappa shape index (κ1) is 16.8. The number of Topliss-reactive ketones (excluding diaryl/α,β-unsaturated/α-hetero) is 2. The van der Waals surface area contributed by atoms with Crippen LogP contribution in [0.2, 0.25) is 0 Å². The summed E-state index contributed by atoms with van der Waals surface area (Å²) in [6, 6.07) is 18.6. The molecule has 2 aromatic carbocycles. The first-order valence-electron chi connectivity index (χ1n) is 6.79. The molecular weight excluding hydrogens is 262 g/mol. The molecule has 3 heteroatoms. The van der Waals surface area contributed by atoms with E-state index in [1.54, 1.807) is 6.92 Å². The van der Waals surface area contributed by atoms with E-state index >= 15 is 0 Å². The number of nitrogens with zero attached hydrogens (tertiary/aromatic N) is 1. The highest BCUT2D eigenvalue weighted by Crippen LogP contribution is 2.00. The fraction of sp³-hybridized carbons (Fsp3) is 0.222. The number of carbonyl (C=O) groups excluding carboxylic acids is 2. The predicted octanol–water partition coefficient (Wildman–Crippen LogP) is 3.32. The summed E-state index contributed by atoms with van der Waals surface area (Å²) >= 11 is 0. The van der Waals surface area contributed by atoms with E-state index < -0.39 is 0 Å². The summed E-state index contributed by atoms with van der Waals surface area (Å²) in [5, 5.41) is 0. The molecule has 0 aromatic heterocycles. The summed E-state index contributed by atoms with van der Waals surface area (Å²) < 4.78 is 0. The standard InChI is InChI=1S/C10H13NO.C8H8O/c1-11(2)8-10(12)9-6-4-3-5-7-9;1-7(9)8-5-3-2-4-6-8/h3-7H,8H2,1-2H3;2-6H,1H3. The van der Waals surface area contributed by atoms with E-state index in [1.807, 2.05) is 79.7 Å². The molecule has 2 rings (SSSR count). The van der Waals surface area contributed by atoms with E-state index in [4.69, 9.17) is 0 Å². The number of benzene rings is 2. The maximum Gasteiger partial charge on any atom is 0.176 e. The van der Waals surface area contributed by atoms with Gasteiger partial charge in [0.2, 0.25) is 0 Å². The maximum absolute atomic E-state index is 11.4. The van der Waals surface area contributed by atoms with Gasteiger partial charge in [-0.25, -0.2) is 0 Å².